The topological polar surface area (TPSA) is 58.1 Å². The molecule has 0 amide bonds. The minimum absolute atomic E-state index is 0.0728. The molecule has 17 heavy (non-hydrogen) atoms. The number of nitrogens with zero attached hydrogens (tertiary/aromatic N) is 1. The van der Waals surface area contributed by atoms with Gasteiger partial charge >= 0.3 is 0 Å². The molecule has 3 heterocycles. The molecule has 0 aliphatic carbocycles. The molecule has 2 aromatic rings. The van der Waals surface area contributed by atoms with Crippen molar-refractivity contribution in [2.45, 2.75) is 12.3 Å². The number of rotatable bonds is 3. The highest BCUT2D eigenvalue weighted by molar-refractivity contribution is 7.13. The van der Waals surface area contributed by atoms with Crippen molar-refractivity contribution in [2.24, 2.45) is 0 Å². The Labute approximate surface area is 103 Å². The maximum atomic E-state index is 9.45. The molecule has 5 heteroatoms. The molecule has 1 fully saturated rings. The standard InChI is InChI=1S/C12H14N2O2S/c1-8-2-3-17-10(8)9-4-13-11(14-9)12(5-15)6-16-7-12/h2-4,15H,5-7H2,1H3,(H,13,14). The van der Waals surface area contributed by atoms with Crippen LogP contribution in [0, 0.1) is 6.92 Å². The van der Waals surface area contributed by atoms with E-state index in [1.807, 2.05) is 6.20 Å². The van der Waals surface area contributed by atoms with Gasteiger partial charge in [0.15, 0.2) is 0 Å². The molecule has 0 atom stereocenters. The van der Waals surface area contributed by atoms with Crippen LogP contribution in [0.1, 0.15) is 11.4 Å². The highest BCUT2D eigenvalue weighted by atomic mass is 32.1. The third-order valence-corrected chi connectivity index (χ3v) is 4.29. The molecule has 0 spiro atoms. The van der Waals surface area contributed by atoms with Crippen LogP contribution in [0.5, 0.6) is 0 Å². The lowest BCUT2D eigenvalue weighted by atomic mass is 9.86. The highest BCUT2D eigenvalue weighted by Crippen LogP contribution is 2.33. The Kier molecular flexibility index (Phi) is 2.54. The molecule has 3 rings (SSSR count). The third-order valence-electron chi connectivity index (χ3n) is 3.24. The van der Waals surface area contributed by atoms with E-state index in [4.69, 9.17) is 4.74 Å². The van der Waals surface area contributed by atoms with E-state index in [-0.39, 0.29) is 12.0 Å². The van der Waals surface area contributed by atoms with Crippen molar-refractivity contribution in [3.8, 4) is 10.6 Å². The van der Waals surface area contributed by atoms with Crippen LogP contribution >= 0.6 is 11.3 Å². The summed E-state index contributed by atoms with van der Waals surface area (Å²) in [5.74, 6) is 0.828. The van der Waals surface area contributed by atoms with E-state index >= 15 is 0 Å². The van der Waals surface area contributed by atoms with Gasteiger partial charge in [-0.3, -0.25) is 0 Å². The van der Waals surface area contributed by atoms with E-state index in [2.05, 4.69) is 28.3 Å². The Balaban J connectivity index is 1.96. The summed E-state index contributed by atoms with van der Waals surface area (Å²) in [7, 11) is 0. The van der Waals surface area contributed by atoms with Gasteiger partial charge in [-0.05, 0) is 23.9 Å². The number of imidazole rings is 1. The molecular weight excluding hydrogens is 236 g/mol. The Hall–Kier alpha value is -1.17. The number of H-pyrrole nitrogens is 1. The molecule has 1 aliphatic rings. The highest BCUT2D eigenvalue weighted by Gasteiger charge is 2.42. The number of aromatic nitrogens is 2. The van der Waals surface area contributed by atoms with Crippen LogP contribution in [-0.2, 0) is 10.2 Å². The summed E-state index contributed by atoms with van der Waals surface area (Å²) in [6, 6.07) is 2.09. The molecule has 1 aliphatic heterocycles. The maximum absolute atomic E-state index is 9.45. The zero-order chi connectivity index (χ0) is 11.9. The van der Waals surface area contributed by atoms with E-state index in [0.29, 0.717) is 13.2 Å². The number of nitrogens with one attached hydrogen (secondary N) is 1. The monoisotopic (exact) mass is 250 g/mol. The van der Waals surface area contributed by atoms with E-state index in [0.717, 1.165) is 11.5 Å². The molecule has 1 saturated heterocycles. The van der Waals surface area contributed by atoms with E-state index in [1.54, 1.807) is 11.3 Å². The third kappa shape index (κ3) is 1.62. The second-order valence-electron chi connectivity index (χ2n) is 4.51. The predicted molar refractivity (Wildman–Crippen MR) is 66.2 cm³/mol. The fraction of sp³-hybridized carbons (Fsp3) is 0.417. The number of aryl methyl sites for hydroxylation is 1. The lowest BCUT2D eigenvalue weighted by Crippen LogP contribution is -2.50. The van der Waals surface area contributed by atoms with Crippen molar-refractivity contribution < 1.29 is 9.84 Å². The first-order valence-electron chi connectivity index (χ1n) is 5.54. The Morgan fingerprint density at radius 3 is 2.94 bits per heavy atom. The van der Waals surface area contributed by atoms with Gasteiger partial charge in [-0.15, -0.1) is 11.3 Å². The van der Waals surface area contributed by atoms with Crippen LogP contribution in [0.4, 0.5) is 0 Å². The Bertz CT molecular complexity index is 523. The number of aliphatic hydroxyl groups excluding tert-OH is 1. The molecular formula is C12H14N2O2S. The number of aromatic amines is 1. The van der Waals surface area contributed by atoms with Crippen molar-refractivity contribution in [3.05, 3.63) is 29.0 Å². The molecule has 4 nitrogen and oxygen atoms in total. The largest absolute Gasteiger partial charge is 0.395 e. The van der Waals surface area contributed by atoms with Crippen molar-refractivity contribution in [1.82, 2.24) is 9.97 Å². The number of hydrogen-bond donors (Lipinski definition) is 2. The second kappa shape index (κ2) is 3.94. The second-order valence-corrected chi connectivity index (χ2v) is 5.43. The van der Waals surface area contributed by atoms with Crippen molar-refractivity contribution >= 4 is 11.3 Å². The molecule has 0 aromatic carbocycles. The fourth-order valence-corrected chi connectivity index (χ4v) is 2.90. The summed E-state index contributed by atoms with van der Waals surface area (Å²) in [4.78, 5) is 8.90. The number of ether oxygens (including phenoxy) is 1. The first-order chi connectivity index (χ1) is 8.25. The summed E-state index contributed by atoms with van der Waals surface area (Å²) in [5, 5.41) is 11.5. The molecule has 0 radical (unpaired) electrons. The quantitative estimate of drug-likeness (QED) is 0.872. The van der Waals surface area contributed by atoms with Gasteiger partial charge in [0.25, 0.3) is 0 Å². The van der Waals surface area contributed by atoms with Gasteiger partial charge in [0.2, 0.25) is 0 Å². The summed E-state index contributed by atoms with van der Waals surface area (Å²) in [6.45, 7) is 3.24. The van der Waals surface area contributed by atoms with Crippen LogP contribution in [0.15, 0.2) is 17.6 Å². The first kappa shape index (κ1) is 11.0. The first-order valence-corrected chi connectivity index (χ1v) is 6.42. The molecule has 2 N–H and O–H groups in total. The van der Waals surface area contributed by atoms with Crippen molar-refractivity contribution in [3.63, 3.8) is 0 Å². The average molecular weight is 250 g/mol. The number of hydrogen-bond acceptors (Lipinski definition) is 4. The zero-order valence-corrected chi connectivity index (χ0v) is 10.4. The van der Waals surface area contributed by atoms with Gasteiger partial charge in [0.1, 0.15) is 5.82 Å². The Morgan fingerprint density at radius 2 is 2.41 bits per heavy atom. The SMILES string of the molecule is Cc1ccsc1-c1cnc(C2(CO)COC2)[nH]1. The van der Waals surface area contributed by atoms with Crippen molar-refractivity contribution in [2.75, 3.05) is 19.8 Å². The normalized spacial score (nSPS) is 18.0. The van der Waals surface area contributed by atoms with Crippen LogP contribution in [0.2, 0.25) is 0 Å². The van der Waals surface area contributed by atoms with Crippen LogP contribution < -0.4 is 0 Å². The van der Waals surface area contributed by atoms with Gasteiger partial charge in [-0.1, -0.05) is 0 Å². The summed E-state index contributed by atoms with van der Waals surface area (Å²) in [5.41, 5.74) is 1.95. The minimum atomic E-state index is -0.316. The van der Waals surface area contributed by atoms with E-state index in [9.17, 15) is 5.11 Å². The smallest absolute Gasteiger partial charge is 0.119 e. The molecule has 2 aromatic heterocycles. The summed E-state index contributed by atoms with van der Waals surface area (Å²) in [6.07, 6.45) is 1.84. The van der Waals surface area contributed by atoms with Crippen molar-refractivity contribution in [1.29, 1.82) is 0 Å². The van der Waals surface area contributed by atoms with E-state index in [1.165, 1.54) is 10.4 Å². The molecule has 90 valence electrons. The lowest BCUT2D eigenvalue weighted by Gasteiger charge is -2.37. The van der Waals surface area contributed by atoms with Gasteiger partial charge in [0, 0.05) is 0 Å². The fourth-order valence-electron chi connectivity index (χ4n) is 2.01. The van der Waals surface area contributed by atoms with Gasteiger partial charge in [-0.2, -0.15) is 0 Å². The van der Waals surface area contributed by atoms with Gasteiger partial charge < -0.3 is 14.8 Å². The van der Waals surface area contributed by atoms with Crippen LogP contribution in [0.3, 0.4) is 0 Å². The maximum Gasteiger partial charge on any atom is 0.119 e. The van der Waals surface area contributed by atoms with Gasteiger partial charge in [-0.25, -0.2) is 4.98 Å². The van der Waals surface area contributed by atoms with Gasteiger partial charge in [0.05, 0.1) is 42.0 Å². The predicted octanol–water partition coefficient (Wildman–Crippen LogP) is 1.71. The van der Waals surface area contributed by atoms with Crippen LogP contribution in [0.25, 0.3) is 10.6 Å². The van der Waals surface area contributed by atoms with Crippen LogP contribution in [-0.4, -0.2) is 34.9 Å². The Morgan fingerprint density at radius 1 is 1.59 bits per heavy atom. The summed E-state index contributed by atoms with van der Waals surface area (Å²) >= 11 is 1.69. The molecule has 0 saturated carbocycles. The molecule has 0 unspecified atom stereocenters. The number of thiophene rings is 1. The lowest BCUT2D eigenvalue weighted by molar-refractivity contribution is -0.0880. The minimum Gasteiger partial charge on any atom is -0.395 e. The number of aliphatic hydroxyl groups is 1. The summed E-state index contributed by atoms with van der Waals surface area (Å²) < 4.78 is 5.19. The zero-order valence-electron chi connectivity index (χ0n) is 9.56. The molecule has 0 bridgehead atoms. The van der Waals surface area contributed by atoms with E-state index < -0.39 is 0 Å². The average Bonchev–Trinajstić information content (AvgIpc) is 2.86.